The fourth-order valence-corrected chi connectivity index (χ4v) is 2.83. The van der Waals surface area contributed by atoms with Gasteiger partial charge in [0.2, 0.25) is 0 Å². The number of fused-ring (bicyclic) bond motifs is 1. The van der Waals surface area contributed by atoms with Gasteiger partial charge in [-0.3, -0.25) is 4.79 Å². The lowest BCUT2D eigenvalue weighted by atomic mass is 10.1. The van der Waals surface area contributed by atoms with Crippen molar-refractivity contribution in [1.82, 2.24) is 0 Å². The van der Waals surface area contributed by atoms with Crippen molar-refractivity contribution >= 4 is 22.4 Å². The minimum Gasteiger partial charge on any atom is -0.480 e. The smallest absolute Gasteiger partial charge is 0.418 e. The molecule has 0 fully saturated rings. The first-order valence-electron chi connectivity index (χ1n) is 8.51. The number of carbonyl (C=O) groups excluding carboxylic acids is 1. The first kappa shape index (κ1) is 18.8. The van der Waals surface area contributed by atoms with Gasteiger partial charge in [-0.05, 0) is 30.0 Å². The maximum atomic E-state index is 13.1. The molecule has 27 heavy (non-hydrogen) atoms. The van der Waals surface area contributed by atoms with Crippen molar-refractivity contribution in [1.29, 1.82) is 0 Å². The molecule has 0 bridgehead atoms. The second-order valence-electron chi connectivity index (χ2n) is 6.02. The molecule has 3 rings (SSSR count). The van der Waals surface area contributed by atoms with Crippen LogP contribution in [-0.4, -0.2) is 12.0 Å². The number of ether oxygens (including phenoxy) is 1. The zero-order chi connectivity index (χ0) is 19.4. The van der Waals surface area contributed by atoms with Crippen molar-refractivity contribution in [3.05, 3.63) is 72.3 Å². The van der Waals surface area contributed by atoms with Gasteiger partial charge in [-0.2, -0.15) is 13.2 Å². The van der Waals surface area contributed by atoms with Gasteiger partial charge < -0.3 is 10.1 Å². The number of anilines is 1. The molecule has 140 valence electrons. The van der Waals surface area contributed by atoms with Crippen LogP contribution in [0.25, 0.3) is 10.8 Å². The molecule has 3 aromatic rings. The summed E-state index contributed by atoms with van der Waals surface area (Å²) in [6.45, 7) is 1.74. The van der Waals surface area contributed by atoms with E-state index < -0.39 is 23.8 Å². The molecule has 0 aliphatic heterocycles. The lowest BCUT2D eigenvalue weighted by Crippen LogP contribution is -2.33. The van der Waals surface area contributed by atoms with Gasteiger partial charge in [-0.1, -0.05) is 55.5 Å². The molecule has 1 atom stereocenters. The fourth-order valence-electron chi connectivity index (χ4n) is 2.83. The summed E-state index contributed by atoms with van der Waals surface area (Å²) in [6, 6.07) is 17.9. The highest BCUT2D eigenvalue weighted by atomic mass is 19.4. The molecule has 0 saturated carbocycles. The highest BCUT2D eigenvalue weighted by Crippen LogP contribution is 2.35. The molecule has 0 radical (unpaired) electrons. The lowest BCUT2D eigenvalue weighted by Gasteiger charge is -2.20. The van der Waals surface area contributed by atoms with Gasteiger partial charge in [0.25, 0.3) is 5.91 Å². The van der Waals surface area contributed by atoms with Crippen LogP contribution >= 0.6 is 0 Å². The van der Waals surface area contributed by atoms with E-state index in [9.17, 15) is 18.0 Å². The molecule has 3 nitrogen and oxygen atoms in total. The largest absolute Gasteiger partial charge is 0.480 e. The maximum Gasteiger partial charge on any atom is 0.418 e. The van der Waals surface area contributed by atoms with E-state index in [2.05, 4.69) is 5.32 Å². The van der Waals surface area contributed by atoms with Crippen LogP contribution in [0.3, 0.4) is 0 Å². The van der Waals surface area contributed by atoms with Gasteiger partial charge in [0, 0.05) is 5.39 Å². The van der Waals surface area contributed by atoms with Gasteiger partial charge in [-0.15, -0.1) is 0 Å². The van der Waals surface area contributed by atoms with Gasteiger partial charge in [0.05, 0.1) is 11.3 Å². The number of carbonyl (C=O) groups is 1. The Kier molecular flexibility index (Phi) is 5.35. The van der Waals surface area contributed by atoms with Crippen LogP contribution < -0.4 is 10.1 Å². The third-order valence-electron chi connectivity index (χ3n) is 4.17. The summed E-state index contributed by atoms with van der Waals surface area (Å²) in [4.78, 5) is 12.6. The number of para-hydroxylation sites is 1. The van der Waals surface area contributed by atoms with Gasteiger partial charge in [0.15, 0.2) is 6.10 Å². The van der Waals surface area contributed by atoms with Gasteiger partial charge >= 0.3 is 6.18 Å². The van der Waals surface area contributed by atoms with Crippen molar-refractivity contribution in [2.75, 3.05) is 5.32 Å². The van der Waals surface area contributed by atoms with Crippen LogP contribution in [0, 0.1) is 0 Å². The third-order valence-corrected chi connectivity index (χ3v) is 4.17. The molecule has 0 aliphatic rings. The summed E-state index contributed by atoms with van der Waals surface area (Å²) >= 11 is 0. The Morgan fingerprint density at radius 1 is 1.00 bits per heavy atom. The number of amides is 1. The molecule has 1 N–H and O–H groups in total. The quantitative estimate of drug-likeness (QED) is 0.627. The number of nitrogens with one attached hydrogen (secondary N) is 1. The van der Waals surface area contributed by atoms with Crippen LogP contribution in [0.5, 0.6) is 5.75 Å². The predicted octanol–water partition coefficient (Wildman–Crippen LogP) is 5.65. The van der Waals surface area contributed by atoms with E-state index >= 15 is 0 Å². The summed E-state index contributed by atoms with van der Waals surface area (Å²) in [5.74, 6) is -0.110. The molecule has 3 aromatic carbocycles. The second kappa shape index (κ2) is 7.70. The highest BCUT2D eigenvalue weighted by Gasteiger charge is 2.34. The van der Waals surface area contributed by atoms with Crippen LogP contribution in [0.15, 0.2) is 66.7 Å². The Balaban J connectivity index is 1.83. The first-order valence-corrected chi connectivity index (χ1v) is 8.51. The maximum absolute atomic E-state index is 13.1. The van der Waals surface area contributed by atoms with Crippen molar-refractivity contribution in [3.63, 3.8) is 0 Å². The Hall–Kier alpha value is -3.02. The number of benzene rings is 3. The Morgan fingerprint density at radius 2 is 1.67 bits per heavy atom. The van der Waals surface area contributed by atoms with Crippen LogP contribution in [0.1, 0.15) is 18.9 Å². The molecular weight excluding hydrogens is 355 g/mol. The zero-order valence-corrected chi connectivity index (χ0v) is 14.6. The summed E-state index contributed by atoms with van der Waals surface area (Å²) < 4.78 is 45.2. The average molecular weight is 373 g/mol. The molecule has 1 amide bonds. The Bertz CT molecular complexity index is 948. The number of hydrogen-bond acceptors (Lipinski definition) is 2. The molecule has 0 heterocycles. The third kappa shape index (κ3) is 4.22. The van der Waals surface area contributed by atoms with E-state index in [1.807, 2.05) is 30.3 Å². The first-order chi connectivity index (χ1) is 12.9. The molecule has 0 unspecified atom stereocenters. The fraction of sp³-hybridized carbons (Fsp3) is 0.190. The SMILES string of the molecule is CC[C@@H](Oc1cccc2ccccc12)C(=O)Nc1ccccc1C(F)(F)F. The molecule has 6 heteroatoms. The van der Waals surface area contributed by atoms with E-state index in [-0.39, 0.29) is 5.69 Å². The predicted molar refractivity (Wildman–Crippen MR) is 98.7 cm³/mol. The molecular formula is C21H18F3NO2. The average Bonchev–Trinajstić information content (AvgIpc) is 2.65. The summed E-state index contributed by atoms with van der Waals surface area (Å²) in [5, 5.41) is 4.14. The van der Waals surface area contributed by atoms with Crippen molar-refractivity contribution < 1.29 is 22.7 Å². The van der Waals surface area contributed by atoms with Gasteiger partial charge in [-0.25, -0.2) is 0 Å². The molecule has 0 aliphatic carbocycles. The standard InChI is InChI=1S/C21H18F3NO2/c1-2-18(27-19-13-7-9-14-8-3-4-10-15(14)19)20(26)25-17-12-6-5-11-16(17)21(22,23)24/h3-13,18H,2H2,1H3,(H,25,26)/t18-/m1/s1. The summed E-state index contributed by atoms with van der Waals surface area (Å²) in [6.07, 6.45) is -5.16. The van der Waals surface area contributed by atoms with Crippen molar-refractivity contribution in [2.24, 2.45) is 0 Å². The minimum absolute atomic E-state index is 0.282. The Labute approximate surface area is 154 Å². The van der Waals surface area contributed by atoms with E-state index in [0.717, 1.165) is 16.8 Å². The summed E-state index contributed by atoms with van der Waals surface area (Å²) in [5.41, 5.74) is -1.17. The second-order valence-corrected chi connectivity index (χ2v) is 6.02. The number of halogens is 3. The minimum atomic E-state index is -4.55. The highest BCUT2D eigenvalue weighted by molar-refractivity contribution is 5.95. The topological polar surface area (TPSA) is 38.3 Å². The number of hydrogen-bond donors (Lipinski definition) is 1. The van der Waals surface area contributed by atoms with E-state index in [4.69, 9.17) is 4.74 Å². The van der Waals surface area contributed by atoms with Crippen LogP contribution in [0.2, 0.25) is 0 Å². The van der Waals surface area contributed by atoms with E-state index in [1.165, 1.54) is 18.2 Å². The van der Waals surface area contributed by atoms with Crippen LogP contribution in [-0.2, 0) is 11.0 Å². The molecule has 0 aromatic heterocycles. The summed E-state index contributed by atoms with van der Waals surface area (Å²) in [7, 11) is 0. The number of rotatable bonds is 5. The lowest BCUT2D eigenvalue weighted by molar-refractivity contribution is -0.137. The zero-order valence-electron chi connectivity index (χ0n) is 14.6. The van der Waals surface area contributed by atoms with Crippen molar-refractivity contribution in [2.45, 2.75) is 25.6 Å². The van der Waals surface area contributed by atoms with E-state index in [1.54, 1.807) is 19.1 Å². The van der Waals surface area contributed by atoms with E-state index in [0.29, 0.717) is 12.2 Å². The molecule has 0 saturated heterocycles. The van der Waals surface area contributed by atoms with Gasteiger partial charge in [0.1, 0.15) is 5.75 Å². The Morgan fingerprint density at radius 3 is 2.41 bits per heavy atom. The normalized spacial score (nSPS) is 12.6. The van der Waals surface area contributed by atoms with Crippen molar-refractivity contribution in [3.8, 4) is 5.75 Å². The number of alkyl halides is 3. The monoisotopic (exact) mass is 373 g/mol. The van der Waals surface area contributed by atoms with Crippen LogP contribution in [0.4, 0.5) is 18.9 Å². The molecule has 0 spiro atoms.